The lowest BCUT2D eigenvalue weighted by Crippen LogP contribution is -2.47. The van der Waals surface area contributed by atoms with Crippen molar-refractivity contribution in [2.24, 2.45) is 0 Å². The van der Waals surface area contributed by atoms with Crippen LogP contribution in [0.1, 0.15) is 34.3 Å². The number of hydrogen-bond acceptors (Lipinski definition) is 6. The molecule has 3 aromatic rings. The predicted molar refractivity (Wildman–Crippen MR) is 147 cm³/mol. The largest absolute Gasteiger partial charge is 0.486 e. The van der Waals surface area contributed by atoms with Gasteiger partial charge in [-0.3, -0.25) is 9.59 Å². The van der Waals surface area contributed by atoms with Crippen LogP contribution in [0, 0.1) is 6.92 Å². The Morgan fingerprint density at radius 1 is 1.03 bits per heavy atom. The van der Waals surface area contributed by atoms with Crippen molar-refractivity contribution in [1.82, 2.24) is 19.7 Å². The van der Waals surface area contributed by atoms with Gasteiger partial charge in [-0.1, -0.05) is 12.1 Å². The maximum Gasteiger partial charge on any atom is 0.407 e. The molecule has 10 nitrogen and oxygen atoms in total. The Morgan fingerprint density at radius 2 is 1.77 bits per heavy atom. The number of fused-ring (bicyclic) bond motifs is 2. The van der Waals surface area contributed by atoms with Crippen molar-refractivity contribution >= 4 is 22.9 Å². The van der Waals surface area contributed by atoms with Crippen LogP contribution in [0.5, 0.6) is 11.5 Å². The summed E-state index contributed by atoms with van der Waals surface area (Å²) in [5.41, 5.74) is 2.90. The molecule has 5 rings (SSSR count). The van der Waals surface area contributed by atoms with Gasteiger partial charge in [0.15, 0.2) is 11.5 Å². The van der Waals surface area contributed by atoms with Crippen molar-refractivity contribution in [2.75, 3.05) is 39.9 Å². The number of ether oxygens (including phenoxy) is 2. The van der Waals surface area contributed by atoms with Gasteiger partial charge in [0.05, 0.1) is 5.52 Å². The molecule has 0 aliphatic carbocycles. The number of hydrogen-bond donors (Lipinski definition) is 2. The highest BCUT2D eigenvalue weighted by Gasteiger charge is 2.28. The van der Waals surface area contributed by atoms with Crippen LogP contribution < -0.4 is 20.3 Å². The first-order valence-corrected chi connectivity index (χ1v) is 13.3. The number of carbonyl (C=O) groups is 2. The van der Waals surface area contributed by atoms with Crippen molar-refractivity contribution in [2.45, 2.75) is 38.9 Å². The zero-order valence-electron chi connectivity index (χ0n) is 22.3. The summed E-state index contributed by atoms with van der Waals surface area (Å²) in [7, 11) is 1.58. The van der Waals surface area contributed by atoms with Crippen LogP contribution in [0.3, 0.4) is 0 Å². The fraction of sp³-hybridized carbons (Fsp3) is 0.414. The lowest BCUT2D eigenvalue weighted by molar-refractivity contribution is 0.0855. The molecule has 1 aromatic heterocycles. The highest BCUT2D eigenvalue weighted by atomic mass is 16.6. The first-order valence-electron chi connectivity index (χ1n) is 13.3. The Labute approximate surface area is 226 Å². The molecule has 3 heterocycles. The Kier molecular flexibility index (Phi) is 7.74. The zero-order valence-corrected chi connectivity index (χ0v) is 22.3. The average Bonchev–Trinajstić information content (AvgIpc) is 2.95. The van der Waals surface area contributed by atoms with Gasteiger partial charge in [0.2, 0.25) is 0 Å². The minimum atomic E-state index is -0.937. The van der Waals surface area contributed by atoms with E-state index in [2.05, 4.69) is 10.2 Å². The highest BCUT2D eigenvalue weighted by Crippen LogP contribution is 2.32. The molecule has 2 amide bonds. The van der Waals surface area contributed by atoms with E-state index >= 15 is 0 Å². The molecule has 0 spiro atoms. The van der Waals surface area contributed by atoms with E-state index in [0.29, 0.717) is 56.2 Å². The van der Waals surface area contributed by atoms with Crippen LogP contribution >= 0.6 is 0 Å². The molecule has 0 unspecified atom stereocenters. The number of carboxylic acid groups (broad SMARTS) is 1. The minimum absolute atomic E-state index is 0.0926. The van der Waals surface area contributed by atoms with Crippen molar-refractivity contribution in [3.63, 3.8) is 0 Å². The summed E-state index contributed by atoms with van der Waals surface area (Å²) in [4.78, 5) is 41.0. The van der Waals surface area contributed by atoms with Gasteiger partial charge in [0, 0.05) is 62.8 Å². The molecule has 2 aromatic carbocycles. The standard InChI is InChI=1S/C29H34N4O6/c1-19-15-27(34)32(24-17-21(28(35)30-2)4-5-23(19)24)12-11-31-9-7-22(8-10-31)33(29(36)37)18-20-3-6-25-26(16-20)39-14-13-38-25/h3-6,15-17,22H,7-14,18H2,1-2H3,(H,30,35)(H,36,37). The maximum atomic E-state index is 12.9. The molecule has 0 atom stereocenters. The van der Waals surface area contributed by atoms with Crippen LogP contribution in [0.2, 0.25) is 0 Å². The lowest BCUT2D eigenvalue weighted by Gasteiger charge is -2.37. The number of aryl methyl sites for hydroxylation is 1. The Bertz CT molecular complexity index is 1440. The second kappa shape index (κ2) is 11.4. The summed E-state index contributed by atoms with van der Waals surface area (Å²) in [6.45, 7) is 5.79. The fourth-order valence-corrected chi connectivity index (χ4v) is 5.50. The highest BCUT2D eigenvalue weighted by molar-refractivity contribution is 5.98. The van der Waals surface area contributed by atoms with Crippen LogP contribution in [0.4, 0.5) is 4.79 Å². The molecule has 39 heavy (non-hydrogen) atoms. The number of carbonyl (C=O) groups excluding carboxylic acids is 1. The van der Waals surface area contributed by atoms with Crippen molar-refractivity contribution in [1.29, 1.82) is 0 Å². The van der Waals surface area contributed by atoms with E-state index in [1.54, 1.807) is 29.8 Å². The minimum Gasteiger partial charge on any atom is -0.486 e. The maximum absolute atomic E-state index is 12.9. The second-order valence-electron chi connectivity index (χ2n) is 10.1. The van der Waals surface area contributed by atoms with E-state index in [0.717, 1.165) is 35.1 Å². The fourth-order valence-electron chi connectivity index (χ4n) is 5.50. The molecule has 0 radical (unpaired) electrons. The van der Waals surface area contributed by atoms with Gasteiger partial charge >= 0.3 is 6.09 Å². The second-order valence-corrected chi connectivity index (χ2v) is 10.1. The molecular formula is C29H34N4O6. The number of rotatable bonds is 7. The molecule has 2 N–H and O–H groups in total. The van der Waals surface area contributed by atoms with Gasteiger partial charge in [-0.05, 0) is 55.2 Å². The molecule has 10 heteroatoms. The van der Waals surface area contributed by atoms with Crippen LogP contribution in [-0.4, -0.2) is 77.4 Å². The third kappa shape index (κ3) is 5.70. The molecule has 2 aliphatic rings. The monoisotopic (exact) mass is 534 g/mol. The van der Waals surface area contributed by atoms with E-state index in [9.17, 15) is 19.5 Å². The van der Waals surface area contributed by atoms with E-state index < -0.39 is 6.09 Å². The SMILES string of the molecule is CNC(=O)c1ccc2c(C)cc(=O)n(CCN3CCC(N(Cc4ccc5c(c4)OCCO5)C(=O)O)CC3)c2c1. The van der Waals surface area contributed by atoms with Crippen molar-refractivity contribution in [3.05, 3.63) is 69.5 Å². The first-order chi connectivity index (χ1) is 18.8. The predicted octanol–water partition coefficient (Wildman–Crippen LogP) is 3.09. The number of nitrogens with zero attached hydrogens (tertiary/aromatic N) is 3. The van der Waals surface area contributed by atoms with Gasteiger partial charge in [-0.2, -0.15) is 0 Å². The summed E-state index contributed by atoms with van der Waals surface area (Å²) in [5, 5.41) is 13.5. The van der Waals surface area contributed by atoms with Crippen LogP contribution in [-0.2, 0) is 13.1 Å². The third-order valence-corrected chi connectivity index (χ3v) is 7.65. The molecule has 2 aliphatic heterocycles. The summed E-state index contributed by atoms with van der Waals surface area (Å²) >= 11 is 0. The van der Waals surface area contributed by atoms with E-state index in [4.69, 9.17) is 9.47 Å². The number of likely N-dealkylation sites (tertiary alicyclic amines) is 1. The topological polar surface area (TPSA) is 113 Å². The quantitative estimate of drug-likeness (QED) is 0.479. The zero-order chi connectivity index (χ0) is 27.5. The normalized spacial score (nSPS) is 15.7. The lowest BCUT2D eigenvalue weighted by atomic mass is 10.0. The van der Waals surface area contributed by atoms with Gasteiger partial charge < -0.3 is 34.3 Å². The summed E-state index contributed by atoms with van der Waals surface area (Å²) < 4.78 is 13.0. The number of piperidine rings is 1. The summed E-state index contributed by atoms with van der Waals surface area (Å²) in [6, 6.07) is 12.6. The van der Waals surface area contributed by atoms with Gasteiger partial charge in [-0.15, -0.1) is 0 Å². The Balaban J connectivity index is 1.24. The van der Waals surface area contributed by atoms with Gasteiger partial charge in [0.25, 0.3) is 11.5 Å². The number of benzene rings is 2. The van der Waals surface area contributed by atoms with Gasteiger partial charge in [-0.25, -0.2) is 4.79 Å². The third-order valence-electron chi connectivity index (χ3n) is 7.65. The van der Waals surface area contributed by atoms with E-state index in [-0.39, 0.29) is 24.1 Å². The number of aromatic nitrogens is 1. The van der Waals surface area contributed by atoms with Crippen molar-refractivity contribution < 1.29 is 24.2 Å². The average molecular weight is 535 g/mol. The van der Waals surface area contributed by atoms with Crippen molar-refractivity contribution in [3.8, 4) is 11.5 Å². The van der Waals surface area contributed by atoms with Gasteiger partial charge in [0.1, 0.15) is 13.2 Å². The molecule has 206 valence electrons. The van der Waals surface area contributed by atoms with Crippen LogP contribution in [0.15, 0.2) is 47.3 Å². The summed E-state index contributed by atoms with van der Waals surface area (Å²) in [5.74, 6) is 1.14. The Morgan fingerprint density at radius 3 is 2.49 bits per heavy atom. The number of nitrogens with one attached hydrogen (secondary N) is 1. The molecule has 0 saturated carbocycles. The van der Waals surface area contributed by atoms with E-state index in [1.807, 2.05) is 31.2 Å². The number of pyridine rings is 1. The molecule has 1 saturated heterocycles. The van der Waals surface area contributed by atoms with Crippen LogP contribution in [0.25, 0.3) is 10.9 Å². The molecular weight excluding hydrogens is 500 g/mol. The van der Waals surface area contributed by atoms with E-state index in [1.165, 1.54) is 4.90 Å². The first kappa shape index (κ1) is 26.6. The molecule has 1 fully saturated rings. The molecule has 0 bridgehead atoms. The Hall–Kier alpha value is -4.05. The number of amides is 2. The summed E-state index contributed by atoms with van der Waals surface area (Å²) in [6.07, 6.45) is 0.482. The smallest absolute Gasteiger partial charge is 0.407 e.